The van der Waals surface area contributed by atoms with Gasteiger partial charge in [-0.3, -0.25) is 0 Å². The van der Waals surface area contributed by atoms with Crippen LogP contribution in [0.3, 0.4) is 0 Å². The Kier molecular flexibility index (Phi) is 0.778. The lowest BCUT2D eigenvalue weighted by atomic mass is 10.5. The molecule has 2 heterocycles. The summed E-state index contributed by atoms with van der Waals surface area (Å²) in [6.07, 6.45) is 3.22. The van der Waals surface area contributed by atoms with Crippen molar-refractivity contribution in [1.82, 2.24) is 9.97 Å². The zero-order valence-corrected chi connectivity index (χ0v) is 5.35. The van der Waals surface area contributed by atoms with E-state index >= 15 is 0 Å². The van der Waals surface area contributed by atoms with Crippen LogP contribution in [0.5, 0.6) is 0 Å². The first-order chi connectivity index (χ1) is 4.86. The molecule has 9 heavy (non-hydrogen) atoms. The SMILES string of the molecule is [2H]c1cc2ncncc2s1. The summed E-state index contributed by atoms with van der Waals surface area (Å²) in [6, 6.07) is 1.74. The van der Waals surface area contributed by atoms with Crippen LogP contribution < -0.4 is 0 Å². The van der Waals surface area contributed by atoms with Crippen LogP contribution in [-0.2, 0) is 0 Å². The molecular formula is C6H4N2S. The van der Waals surface area contributed by atoms with E-state index in [0.29, 0.717) is 5.36 Å². The molecule has 0 aliphatic rings. The molecule has 0 fully saturated rings. The third-order valence-electron chi connectivity index (χ3n) is 1.07. The molecule has 0 amide bonds. The molecule has 2 rings (SSSR count). The zero-order chi connectivity index (χ0) is 6.97. The maximum Gasteiger partial charge on any atom is 0.116 e. The molecule has 2 aromatic rings. The van der Waals surface area contributed by atoms with Gasteiger partial charge < -0.3 is 0 Å². The first-order valence-electron chi connectivity index (χ1n) is 3.02. The number of thiophene rings is 1. The Labute approximate surface area is 57.6 Å². The standard InChI is InChI=1S/C6H4N2S/c1-2-9-6-3-7-4-8-5(1)6/h1-4H/i2D. The Hall–Kier alpha value is -0.960. The topological polar surface area (TPSA) is 25.8 Å². The summed E-state index contributed by atoms with van der Waals surface area (Å²) >= 11 is 1.39. The normalized spacial score (nSPS) is 11.8. The fourth-order valence-corrected chi connectivity index (χ4v) is 1.29. The number of fused-ring (bicyclic) bond motifs is 1. The van der Waals surface area contributed by atoms with Gasteiger partial charge >= 0.3 is 0 Å². The summed E-state index contributed by atoms with van der Waals surface area (Å²) in [5.41, 5.74) is 0.866. The molecule has 0 N–H and O–H groups in total. The summed E-state index contributed by atoms with van der Waals surface area (Å²) in [5, 5.41) is 0.538. The van der Waals surface area contributed by atoms with Gasteiger partial charge in [-0.05, 0) is 11.4 Å². The van der Waals surface area contributed by atoms with E-state index in [4.69, 9.17) is 1.37 Å². The molecule has 0 unspecified atom stereocenters. The quantitative estimate of drug-likeness (QED) is 0.552. The molecule has 2 nitrogen and oxygen atoms in total. The first kappa shape index (κ1) is 3.95. The van der Waals surface area contributed by atoms with Crippen LogP contribution in [0.1, 0.15) is 1.37 Å². The molecule has 0 aromatic carbocycles. The number of hydrogen-bond donors (Lipinski definition) is 0. The summed E-state index contributed by atoms with van der Waals surface area (Å²) in [4.78, 5) is 7.82. The largest absolute Gasteiger partial charge is 0.243 e. The van der Waals surface area contributed by atoms with Crippen molar-refractivity contribution < 1.29 is 1.37 Å². The van der Waals surface area contributed by atoms with Crippen LogP contribution in [0.25, 0.3) is 10.2 Å². The molecule has 2 aromatic heterocycles. The predicted molar refractivity (Wildman–Crippen MR) is 37.4 cm³/mol. The predicted octanol–water partition coefficient (Wildman–Crippen LogP) is 1.69. The second-order valence-corrected chi connectivity index (χ2v) is 2.52. The van der Waals surface area contributed by atoms with Crippen molar-refractivity contribution in [3.8, 4) is 0 Å². The molecule has 0 saturated carbocycles. The van der Waals surface area contributed by atoms with Crippen molar-refractivity contribution in [3.05, 3.63) is 23.9 Å². The minimum atomic E-state index is 0.538. The molecule has 0 spiro atoms. The average molecular weight is 137 g/mol. The number of rotatable bonds is 0. The highest BCUT2D eigenvalue weighted by molar-refractivity contribution is 7.17. The monoisotopic (exact) mass is 137 g/mol. The summed E-state index contributed by atoms with van der Waals surface area (Å²) < 4.78 is 8.25. The van der Waals surface area contributed by atoms with Gasteiger partial charge in [0.1, 0.15) is 6.33 Å². The second kappa shape index (κ2) is 1.77. The molecule has 0 bridgehead atoms. The highest BCUT2D eigenvalue weighted by atomic mass is 32.1. The minimum absolute atomic E-state index is 0.538. The van der Waals surface area contributed by atoms with Gasteiger partial charge in [0.05, 0.1) is 11.6 Å². The van der Waals surface area contributed by atoms with Crippen LogP contribution in [0.4, 0.5) is 0 Å². The molecule has 0 aliphatic carbocycles. The van der Waals surface area contributed by atoms with Crippen LogP contribution in [0.15, 0.2) is 23.9 Å². The average Bonchev–Trinajstić information content (AvgIpc) is 2.27. The van der Waals surface area contributed by atoms with Crippen LogP contribution in [-0.4, -0.2) is 9.97 Å². The Bertz CT molecular complexity index is 324. The van der Waals surface area contributed by atoms with E-state index in [1.807, 2.05) is 0 Å². The highest BCUT2D eigenvalue weighted by Crippen LogP contribution is 2.15. The lowest BCUT2D eigenvalue weighted by Gasteiger charge is -1.81. The Morgan fingerprint density at radius 1 is 1.67 bits per heavy atom. The van der Waals surface area contributed by atoms with Gasteiger partial charge in [0.15, 0.2) is 0 Å². The van der Waals surface area contributed by atoms with E-state index < -0.39 is 0 Å². The fourth-order valence-electron chi connectivity index (χ4n) is 0.662. The molecular weight excluding hydrogens is 132 g/mol. The van der Waals surface area contributed by atoms with Crippen LogP contribution >= 0.6 is 11.3 Å². The fraction of sp³-hybridized carbons (Fsp3) is 0. The number of nitrogens with zero attached hydrogens (tertiary/aromatic N) is 2. The van der Waals surface area contributed by atoms with Crippen molar-refractivity contribution >= 4 is 21.6 Å². The molecule has 44 valence electrons. The maximum atomic E-state index is 7.27. The van der Waals surface area contributed by atoms with Gasteiger partial charge in [-0.2, -0.15) is 0 Å². The molecule has 0 radical (unpaired) electrons. The van der Waals surface area contributed by atoms with Gasteiger partial charge in [0, 0.05) is 6.20 Å². The lowest BCUT2D eigenvalue weighted by Crippen LogP contribution is -1.72. The third kappa shape index (κ3) is 0.695. The third-order valence-corrected chi connectivity index (χ3v) is 1.84. The molecule has 0 aliphatic heterocycles. The summed E-state index contributed by atoms with van der Waals surface area (Å²) in [6.45, 7) is 0. The summed E-state index contributed by atoms with van der Waals surface area (Å²) in [7, 11) is 0. The summed E-state index contributed by atoms with van der Waals surface area (Å²) in [5.74, 6) is 0. The molecule has 3 heteroatoms. The number of aromatic nitrogens is 2. The van der Waals surface area contributed by atoms with E-state index in [2.05, 4.69) is 9.97 Å². The van der Waals surface area contributed by atoms with Crippen molar-refractivity contribution in [3.63, 3.8) is 0 Å². The van der Waals surface area contributed by atoms with Gasteiger partial charge in [0.2, 0.25) is 0 Å². The van der Waals surface area contributed by atoms with Gasteiger partial charge in [-0.15, -0.1) is 11.3 Å². The zero-order valence-electron chi connectivity index (χ0n) is 5.53. The van der Waals surface area contributed by atoms with Gasteiger partial charge in [-0.25, -0.2) is 9.97 Å². The van der Waals surface area contributed by atoms with E-state index in [-0.39, 0.29) is 0 Å². The van der Waals surface area contributed by atoms with Crippen molar-refractivity contribution in [2.45, 2.75) is 0 Å². The van der Waals surface area contributed by atoms with E-state index in [1.54, 1.807) is 12.3 Å². The highest BCUT2D eigenvalue weighted by Gasteiger charge is 1.90. The van der Waals surface area contributed by atoms with Crippen molar-refractivity contribution in [1.29, 1.82) is 0 Å². The second-order valence-electron chi connectivity index (χ2n) is 1.64. The van der Waals surface area contributed by atoms with Crippen LogP contribution in [0.2, 0.25) is 0 Å². The van der Waals surface area contributed by atoms with Gasteiger partial charge in [-0.1, -0.05) is 0 Å². The van der Waals surface area contributed by atoms with E-state index in [0.717, 1.165) is 10.2 Å². The van der Waals surface area contributed by atoms with E-state index in [1.165, 1.54) is 17.7 Å². The Balaban J connectivity index is 2.88. The van der Waals surface area contributed by atoms with Crippen LogP contribution in [0, 0.1) is 0 Å². The lowest BCUT2D eigenvalue weighted by molar-refractivity contribution is 1.23. The van der Waals surface area contributed by atoms with E-state index in [9.17, 15) is 0 Å². The van der Waals surface area contributed by atoms with Crippen molar-refractivity contribution in [2.24, 2.45) is 0 Å². The number of hydrogen-bond acceptors (Lipinski definition) is 3. The molecule has 0 saturated heterocycles. The molecule has 0 atom stereocenters. The Morgan fingerprint density at radius 2 is 2.67 bits per heavy atom. The Morgan fingerprint density at radius 3 is 3.56 bits per heavy atom. The first-order valence-corrected chi connectivity index (χ1v) is 3.34. The van der Waals surface area contributed by atoms with Gasteiger partial charge in [0.25, 0.3) is 0 Å². The smallest absolute Gasteiger partial charge is 0.116 e. The van der Waals surface area contributed by atoms with Crippen molar-refractivity contribution in [2.75, 3.05) is 0 Å². The maximum absolute atomic E-state index is 7.27. The minimum Gasteiger partial charge on any atom is -0.243 e.